The number of Topliss-reactive ketones (excluding diaryl/α,β-unsaturated/α-hetero) is 1. The van der Waals surface area contributed by atoms with Crippen LogP contribution in [0.4, 0.5) is 8.78 Å². The highest BCUT2D eigenvalue weighted by Crippen LogP contribution is 2.27. The SMILES string of the molecule is O=C(CSc1nc2ccccc2c(=O)n1-c1ccc(F)cc1F)c1ccc(O)cc1O. The fraction of sp³-hybridized carbons (Fsp3) is 0.0455. The molecule has 0 saturated heterocycles. The first-order valence-corrected chi connectivity index (χ1v) is 9.99. The predicted molar refractivity (Wildman–Crippen MR) is 112 cm³/mol. The van der Waals surface area contributed by atoms with Crippen LogP contribution in [0.25, 0.3) is 16.6 Å². The number of aromatic nitrogens is 2. The van der Waals surface area contributed by atoms with Gasteiger partial charge in [-0.05, 0) is 36.4 Å². The van der Waals surface area contributed by atoms with Crippen LogP contribution in [-0.4, -0.2) is 31.3 Å². The fourth-order valence-corrected chi connectivity index (χ4v) is 3.94. The zero-order valence-corrected chi connectivity index (χ0v) is 16.6. The van der Waals surface area contributed by atoms with Gasteiger partial charge >= 0.3 is 0 Å². The first kappa shape index (κ1) is 20.5. The van der Waals surface area contributed by atoms with Crippen LogP contribution in [0.2, 0.25) is 0 Å². The van der Waals surface area contributed by atoms with Crippen molar-refractivity contribution < 1.29 is 23.8 Å². The maximum absolute atomic E-state index is 14.5. The predicted octanol–water partition coefficient (Wildman–Crippen LogP) is 4.05. The summed E-state index contributed by atoms with van der Waals surface area (Å²) in [5, 5.41) is 19.5. The number of carbonyl (C=O) groups is 1. The summed E-state index contributed by atoms with van der Waals surface area (Å²) in [5.74, 6) is -3.06. The first-order chi connectivity index (χ1) is 14.8. The van der Waals surface area contributed by atoms with Gasteiger partial charge in [0, 0.05) is 12.1 Å². The number of halogens is 2. The van der Waals surface area contributed by atoms with E-state index in [0.717, 1.165) is 34.5 Å². The zero-order chi connectivity index (χ0) is 22.1. The van der Waals surface area contributed by atoms with E-state index in [1.165, 1.54) is 18.2 Å². The Hall–Kier alpha value is -3.72. The molecule has 3 aromatic carbocycles. The van der Waals surface area contributed by atoms with E-state index in [9.17, 15) is 28.6 Å². The van der Waals surface area contributed by atoms with Crippen molar-refractivity contribution in [2.75, 3.05) is 5.75 Å². The zero-order valence-electron chi connectivity index (χ0n) is 15.8. The average Bonchev–Trinajstić information content (AvgIpc) is 2.73. The van der Waals surface area contributed by atoms with Crippen molar-refractivity contribution in [2.24, 2.45) is 0 Å². The Balaban J connectivity index is 1.79. The smallest absolute Gasteiger partial charge is 0.266 e. The molecule has 1 heterocycles. The van der Waals surface area contributed by atoms with E-state index in [1.54, 1.807) is 18.2 Å². The van der Waals surface area contributed by atoms with Crippen LogP contribution in [0.15, 0.2) is 70.6 Å². The molecule has 9 heteroatoms. The number of benzene rings is 3. The monoisotopic (exact) mass is 440 g/mol. The van der Waals surface area contributed by atoms with Crippen molar-refractivity contribution in [1.82, 2.24) is 9.55 Å². The van der Waals surface area contributed by atoms with Crippen LogP contribution in [0, 0.1) is 11.6 Å². The van der Waals surface area contributed by atoms with E-state index >= 15 is 0 Å². The molecule has 0 amide bonds. The number of para-hydroxylation sites is 1. The molecule has 0 aliphatic rings. The van der Waals surface area contributed by atoms with Crippen LogP contribution < -0.4 is 5.56 Å². The Morgan fingerprint density at radius 3 is 2.55 bits per heavy atom. The summed E-state index contributed by atoms with van der Waals surface area (Å²) in [6, 6.07) is 12.8. The van der Waals surface area contributed by atoms with Crippen molar-refractivity contribution >= 4 is 28.4 Å². The minimum Gasteiger partial charge on any atom is -0.508 e. The Labute approximate surface area is 178 Å². The number of hydrogen-bond acceptors (Lipinski definition) is 6. The van der Waals surface area contributed by atoms with Crippen LogP contribution in [0.3, 0.4) is 0 Å². The summed E-state index contributed by atoms with van der Waals surface area (Å²) < 4.78 is 28.9. The number of nitrogens with zero attached hydrogens (tertiary/aromatic N) is 2. The van der Waals surface area contributed by atoms with Gasteiger partial charge in [0.15, 0.2) is 10.9 Å². The number of aromatic hydroxyl groups is 2. The molecule has 0 atom stereocenters. The van der Waals surface area contributed by atoms with Crippen molar-refractivity contribution in [2.45, 2.75) is 5.16 Å². The van der Waals surface area contributed by atoms with Gasteiger partial charge in [-0.15, -0.1) is 0 Å². The lowest BCUT2D eigenvalue weighted by atomic mass is 10.1. The number of hydrogen-bond donors (Lipinski definition) is 2. The van der Waals surface area contributed by atoms with Crippen LogP contribution in [0.1, 0.15) is 10.4 Å². The van der Waals surface area contributed by atoms with Gasteiger partial charge in [-0.25, -0.2) is 13.8 Å². The lowest BCUT2D eigenvalue weighted by Gasteiger charge is -2.14. The normalized spacial score (nSPS) is 11.0. The third-order valence-corrected chi connectivity index (χ3v) is 5.45. The third kappa shape index (κ3) is 3.99. The number of phenols is 2. The molecule has 0 spiro atoms. The summed E-state index contributed by atoms with van der Waals surface area (Å²) in [5.41, 5.74) is -0.438. The van der Waals surface area contributed by atoms with Gasteiger partial charge in [0.2, 0.25) is 0 Å². The van der Waals surface area contributed by atoms with Crippen molar-refractivity contribution in [3.05, 3.63) is 88.2 Å². The number of phenolic OH excluding ortho intramolecular Hbond substituents is 2. The summed E-state index contributed by atoms with van der Waals surface area (Å²) in [4.78, 5) is 30.0. The van der Waals surface area contributed by atoms with E-state index in [0.29, 0.717) is 11.6 Å². The van der Waals surface area contributed by atoms with Gasteiger partial charge in [0.25, 0.3) is 5.56 Å². The van der Waals surface area contributed by atoms with E-state index < -0.39 is 23.0 Å². The van der Waals surface area contributed by atoms with Crippen molar-refractivity contribution in [3.8, 4) is 17.2 Å². The molecule has 6 nitrogen and oxygen atoms in total. The summed E-state index contributed by atoms with van der Waals surface area (Å²) in [7, 11) is 0. The minimum absolute atomic E-state index is 0.0204. The second-order valence-corrected chi connectivity index (χ2v) is 7.50. The summed E-state index contributed by atoms with van der Waals surface area (Å²) >= 11 is 0.868. The van der Waals surface area contributed by atoms with Gasteiger partial charge < -0.3 is 10.2 Å². The fourth-order valence-electron chi connectivity index (χ4n) is 3.05. The van der Waals surface area contributed by atoms with Crippen LogP contribution >= 0.6 is 11.8 Å². The lowest BCUT2D eigenvalue weighted by molar-refractivity contribution is 0.102. The maximum Gasteiger partial charge on any atom is 0.266 e. The Kier molecular flexibility index (Phi) is 5.43. The highest BCUT2D eigenvalue weighted by Gasteiger charge is 2.19. The van der Waals surface area contributed by atoms with Gasteiger partial charge in [-0.3, -0.25) is 14.2 Å². The third-order valence-electron chi connectivity index (χ3n) is 4.51. The second kappa shape index (κ2) is 8.19. The number of thioether (sulfide) groups is 1. The quantitative estimate of drug-likeness (QED) is 0.276. The molecular formula is C22H14F2N2O4S. The molecule has 4 aromatic rings. The topological polar surface area (TPSA) is 92.4 Å². The largest absolute Gasteiger partial charge is 0.508 e. The molecule has 0 saturated carbocycles. The van der Waals surface area contributed by atoms with Gasteiger partial charge in [-0.2, -0.15) is 0 Å². The molecule has 0 bridgehead atoms. The molecule has 4 rings (SSSR count). The van der Waals surface area contributed by atoms with E-state index in [-0.39, 0.29) is 39.0 Å². The average molecular weight is 440 g/mol. The van der Waals surface area contributed by atoms with Crippen molar-refractivity contribution in [1.29, 1.82) is 0 Å². The molecule has 31 heavy (non-hydrogen) atoms. The Morgan fingerprint density at radius 1 is 1.03 bits per heavy atom. The van der Waals surface area contributed by atoms with Crippen LogP contribution in [-0.2, 0) is 0 Å². The standard InChI is InChI=1S/C22H14F2N2O4S/c23-12-5-8-18(16(24)9-12)26-21(30)14-3-1-2-4-17(14)25-22(26)31-11-20(29)15-7-6-13(27)10-19(15)28/h1-10,27-28H,11H2. The number of carbonyl (C=O) groups excluding carboxylic acids is 1. The van der Waals surface area contributed by atoms with Crippen molar-refractivity contribution in [3.63, 3.8) is 0 Å². The summed E-state index contributed by atoms with van der Waals surface area (Å²) in [6.07, 6.45) is 0. The molecule has 0 fully saturated rings. The highest BCUT2D eigenvalue weighted by molar-refractivity contribution is 7.99. The lowest BCUT2D eigenvalue weighted by Crippen LogP contribution is -2.23. The molecule has 2 N–H and O–H groups in total. The first-order valence-electron chi connectivity index (χ1n) is 9.00. The van der Waals surface area contributed by atoms with E-state index in [4.69, 9.17) is 0 Å². The van der Waals surface area contributed by atoms with Gasteiger partial charge in [0.05, 0.1) is 27.9 Å². The van der Waals surface area contributed by atoms with E-state index in [2.05, 4.69) is 4.98 Å². The number of fused-ring (bicyclic) bond motifs is 1. The molecule has 156 valence electrons. The number of rotatable bonds is 5. The Morgan fingerprint density at radius 2 is 1.81 bits per heavy atom. The van der Waals surface area contributed by atoms with Crippen LogP contribution in [0.5, 0.6) is 11.5 Å². The maximum atomic E-state index is 14.5. The van der Waals surface area contributed by atoms with Gasteiger partial charge in [0.1, 0.15) is 23.1 Å². The van der Waals surface area contributed by atoms with E-state index in [1.807, 2.05) is 0 Å². The highest BCUT2D eigenvalue weighted by atomic mass is 32.2. The summed E-state index contributed by atoms with van der Waals surface area (Å²) in [6.45, 7) is 0. The molecule has 0 unspecified atom stereocenters. The molecule has 0 aliphatic carbocycles. The second-order valence-electron chi connectivity index (χ2n) is 6.56. The van der Waals surface area contributed by atoms with Gasteiger partial charge in [-0.1, -0.05) is 23.9 Å². The Bertz CT molecular complexity index is 1390. The number of ketones is 1. The molecular weight excluding hydrogens is 426 g/mol. The molecule has 1 aromatic heterocycles. The minimum atomic E-state index is -0.955. The molecule has 0 radical (unpaired) electrons. The molecule has 0 aliphatic heterocycles.